The summed E-state index contributed by atoms with van der Waals surface area (Å²) in [4.78, 5) is 0. The van der Waals surface area contributed by atoms with E-state index in [1.807, 2.05) is 0 Å². The van der Waals surface area contributed by atoms with E-state index in [1.165, 1.54) is 12.8 Å². The van der Waals surface area contributed by atoms with E-state index in [-0.39, 0.29) is 0 Å². The third kappa shape index (κ3) is 22.9. The van der Waals surface area contributed by atoms with Crippen LogP contribution in [0.4, 0.5) is 34.5 Å². The number of halogens is 8. The Hall–Kier alpha value is -2.05. The quantitative estimate of drug-likeness (QED) is 0.181. The van der Waals surface area contributed by atoms with Crippen LogP contribution in [0.5, 0.6) is 0 Å². The molecule has 15 heteroatoms. The SMILES string of the molecule is CCn1cc[n+](CCCCOCCCC[n+]2ccn(CC)c2)c1.F[B-](F)(F)F.F[B-](F)(F)F. The summed E-state index contributed by atoms with van der Waals surface area (Å²) in [5.41, 5.74) is 0. The monoisotopic (exact) mass is 494 g/mol. The highest BCUT2D eigenvalue weighted by molar-refractivity contribution is 6.50. The zero-order valence-corrected chi connectivity index (χ0v) is 18.9. The Morgan fingerprint density at radius 1 is 0.636 bits per heavy atom. The highest BCUT2D eigenvalue weighted by Gasteiger charge is 2.21. The van der Waals surface area contributed by atoms with E-state index in [0.717, 1.165) is 52.2 Å². The number of hydrogen-bond donors (Lipinski definition) is 0. The summed E-state index contributed by atoms with van der Waals surface area (Å²) >= 11 is 0. The van der Waals surface area contributed by atoms with Gasteiger partial charge in [0.2, 0.25) is 12.7 Å². The van der Waals surface area contributed by atoms with Gasteiger partial charge in [0.15, 0.2) is 0 Å². The minimum absolute atomic E-state index is 0.883. The Morgan fingerprint density at radius 2 is 0.970 bits per heavy atom. The fourth-order valence-corrected chi connectivity index (χ4v) is 2.62. The predicted molar refractivity (Wildman–Crippen MR) is 110 cm³/mol. The Morgan fingerprint density at radius 3 is 1.24 bits per heavy atom. The maximum atomic E-state index is 9.75. The highest BCUT2D eigenvalue weighted by Crippen LogP contribution is 2.07. The zero-order chi connectivity index (χ0) is 25.3. The second-order valence-electron chi connectivity index (χ2n) is 6.98. The van der Waals surface area contributed by atoms with Gasteiger partial charge in [-0.25, -0.2) is 18.3 Å². The summed E-state index contributed by atoms with van der Waals surface area (Å²) in [5, 5.41) is 0. The Balaban J connectivity index is 0.000000859. The minimum Gasteiger partial charge on any atom is -0.418 e. The van der Waals surface area contributed by atoms with Gasteiger partial charge in [-0.2, -0.15) is 0 Å². The second-order valence-corrected chi connectivity index (χ2v) is 6.98. The van der Waals surface area contributed by atoms with Crippen LogP contribution in [0.3, 0.4) is 0 Å². The number of imidazole rings is 2. The summed E-state index contributed by atoms with van der Waals surface area (Å²) in [5.74, 6) is 0. The average molecular weight is 494 g/mol. The van der Waals surface area contributed by atoms with Crippen LogP contribution in [0.25, 0.3) is 0 Å². The van der Waals surface area contributed by atoms with Crippen LogP contribution in [0.2, 0.25) is 0 Å². The molecule has 0 aliphatic heterocycles. The summed E-state index contributed by atoms with van der Waals surface area (Å²) in [6.45, 7) is 10.3. The molecule has 2 aromatic heterocycles. The Bertz CT molecular complexity index is 665. The lowest BCUT2D eigenvalue weighted by molar-refractivity contribution is -0.697. The lowest BCUT2D eigenvalue weighted by atomic mass is 10.3. The topological polar surface area (TPSA) is 26.8 Å². The third-order valence-electron chi connectivity index (χ3n) is 4.13. The van der Waals surface area contributed by atoms with Crippen molar-refractivity contribution in [2.45, 2.75) is 65.7 Å². The van der Waals surface area contributed by atoms with Gasteiger partial charge >= 0.3 is 14.5 Å². The lowest BCUT2D eigenvalue weighted by Gasteiger charge is -2.03. The number of nitrogens with zero attached hydrogens (tertiary/aromatic N) is 4. The highest BCUT2D eigenvalue weighted by atomic mass is 19.5. The molecule has 0 fully saturated rings. The fourth-order valence-electron chi connectivity index (χ4n) is 2.62. The first kappa shape index (κ1) is 30.9. The third-order valence-corrected chi connectivity index (χ3v) is 4.13. The van der Waals surface area contributed by atoms with Crippen molar-refractivity contribution in [3.63, 3.8) is 0 Å². The molecule has 0 aliphatic rings. The summed E-state index contributed by atoms with van der Waals surface area (Å²) in [6.07, 6.45) is 17.5. The van der Waals surface area contributed by atoms with Crippen molar-refractivity contribution in [2.24, 2.45) is 0 Å². The maximum Gasteiger partial charge on any atom is 0.673 e. The van der Waals surface area contributed by atoms with E-state index in [1.54, 1.807) is 0 Å². The van der Waals surface area contributed by atoms with Crippen LogP contribution in [0, 0.1) is 0 Å². The molecule has 0 spiro atoms. The molecule has 0 saturated carbocycles. The molecule has 0 radical (unpaired) electrons. The van der Waals surface area contributed by atoms with E-state index in [9.17, 15) is 34.5 Å². The number of rotatable bonds is 12. The second kappa shape index (κ2) is 16.5. The van der Waals surface area contributed by atoms with Gasteiger partial charge in [-0.15, -0.1) is 0 Å². The van der Waals surface area contributed by atoms with E-state index in [0.29, 0.717) is 0 Å². The number of aromatic nitrogens is 4. The first-order valence-electron chi connectivity index (χ1n) is 10.7. The molecular formula is C18H32B2F8N4O. The molecular weight excluding hydrogens is 462 g/mol. The first-order chi connectivity index (χ1) is 15.3. The molecule has 33 heavy (non-hydrogen) atoms. The van der Waals surface area contributed by atoms with Crippen molar-refractivity contribution >= 4 is 14.5 Å². The Kier molecular flexibility index (Phi) is 15.5. The fraction of sp³-hybridized carbons (Fsp3) is 0.667. The van der Waals surface area contributed by atoms with Crippen molar-refractivity contribution in [1.29, 1.82) is 0 Å². The standard InChI is InChI=1S/C18H32N4O.2BF4/c1-3-19-11-13-21(17-19)9-5-7-15-23-16-8-6-10-22-14-12-20(4-2)18-22;2*2-1(3,4)5/h11-14,17-18H,3-10,15-16H2,1-2H3;;/q+2;2*-1. The molecule has 0 unspecified atom stereocenters. The van der Waals surface area contributed by atoms with Gasteiger partial charge in [0, 0.05) is 13.2 Å². The van der Waals surface area contributed by atoms with Gasteiger partial charge in [-0.3, -0.25) is 0 Å². The van der Waals surface area contributed by atoms with E-state index in [4.69, 9.17) is 4.74 Å². The van der Waals surface area contributed by atoms with Gasteiger partial charge in [0.05, 0.1) is 26.2 Å². The zero-order valence-electron chi connectivity index (χ0n) is 18.9. The van der Waals surface area contributed by atoms with Crippen LogP contribution >= 0.6 is 0 Å². The molecule has 2 heterocycles. The predicted octanol–water partition coefficient (Wildman–Crippen LogP) is 4.78. The van der Waals surface area contributed by atoms with Crippen molar-refractivity contribution in [3.8, 4) is 0 Å². The lowest BCUT2D eigenvalue weighted by Crippen LogP contribution is -2.31. The minimum atomic E-state index is -6.00. The molecule has 0 N–H and O–H groups in total. The van der Waals surface area contributed by atoms with Gasteiger partial charge in [-0.1, -0.05) is 0 Å². The normalized spacial score (nSPS) is 11.5. The molecule has 0 amide bonds. The summed E-state index contributed by atoms with van der Waals surface area (Å²) in [7, 11) is -12.0. The molecule has 0 bridgehead atoms. The number of ether oxygens (including phenoxy) is 1. The number of unbranched alkanes of at least 4 members (excludes halogenated alkanes) is 2. The molecule has 5 nitrogen and oxygen atoms in total. The molecule has 0 aromatic carbocycles. The molecule has 0 saturated heterocycles. The van der Waals surface area contributed by atoms with Crippen molar-refractivity contribution in [3.05, 3.63) is 37.4 Å². The summed E-state index contributed by atoms with van der Waals surface area (Å²) in [6, 6.07) is 0. The van der Waals surface area contributed by atoms with Crippen LogP contribution in [-0.4, -0.2) is 36.9 Å². The molecule has 0 atom stereocenters. The van der Waals surface area contributed by atoms with Crippen molar-refractivity contribution in [1.82, 2.24) is 9.13 Å². The van der Waals surface area contributed by atoms with E-state index < -0.39 is 14.5 Å². The van der Waals surface area contributed by atoms with Crippen LogP contribution in [-0.2, 0) is 30.9 Å². The maximum absolute atomic E-state index is 9.75. The van der Waals surface area contributed by atoms with Gasteiger partial charge < -0.3 is 39.3 Å². The molecule has 2 aromatic rings. The Labute approximate surface area is 189 Å². The van der Waals surface area contributed by atoms with Gasteiger partial charge in [0.1, 0.15) is 24.8 Å². The first-order valence-corrected chi connectivity index (χ1v) is 10.7. The van der Waals surface area contributed by atoms with Crippen molar-refractivity contribution < 1.29 is 48.4 Å². The number of hydrogen-bond acceptors (Lipinski definition) is 1. The van der Waals surface area contributed by atoms with E-state index >= 15 is 0 Å². The summed E-state index contributed by atoms with van der Waals surface area (Å²) < 4.78 is 92.6. The largest absolute Gasteiger partial charge is 0.673 e. The molecule has 0 aliphatic carbocycles. The van der Waals surface area contributed by atoms with Crippen LogP contribution in [0.15, 0.2) is 37.4 Å². The molecule has 192 valence electrons. The van der Waals surface area contributed by atoms with Gasteiger partial charge in [-0.05, 0) is 39.5 Å². The number of aryl methyl sites for hydroxylation is 4. The van der Waals surface area contributed by atoms with Crippen LogP contribution < -0.4 is 9.13 Å². The smallest absolute Gasteiger partial charge is 0.418 e. The van der Waals surface area contributed by atoms with Crippen LogP contribution in [0.1, 0.15) is 39.5 Å². The molecule has 2 rings (SSSR count). The van der Waals surface area contributed by atoms with E-state index in [2.05, 4.69) is 69.6 Å². The van der Waals surface area contributed by atoms with Crippen molar-refractivity contribution in [2.75, 3.05) is 13.2 Å². The van der Waals surface area contributed by atoms with Gasteiger partial charge in [0.25, 0.3) is 0 Å². The average Bonchev–Trinajstić information content (AvgIpc) is 3.33.